The lowest BCUT2D eigenvalue weighted by Gasteiger charge is -2.12. The molecule has 1 amide bonds. The summed E-state index contributed by atoms with van der Waals surface area (Å²) in [5.74, 6) is -0.162. The van der Waals surface area contributed by atoms with Crippen molar-refractivity contribution in [3.8, 4) is 5.69 Å². The van der Waals surface area contributed by atoms with Gasteiger partial charge in [0, 0.05) is 29.5 Å². The van der Waals surface area contributed by atoms with Gasteiger partial charge in [-0.15, -0.1) is 0 Å². The molecule has 1 heterocycles. The van der Waals surface area contributed by atoms with Crippen molar-refractivity contribution in [2.24, 2.45) is 0 Å². The summed E-state index contributed by atoms with van der Waals surface area (Å²) in [6.45, 7) is 3.70. The number of carbonyl (C=O) groups is 1. The summed E-state index contributed by atoms with van der Waals surface area (Å²) < 4.78 is 1.87. The zero-order valence-corrected chi connectivity index (χ0v) is 16.8. The molecule has 0 bridgehead atoms. The molecule has 0 atom stereocenters. The monoisotopic (exact) mass is 416 g/mol. The Kier molecular flexibility index (Phi) is 6.01. The van der Waals surface area contributed by atoms with E-state index in [1.54, 1.807) is 19.2 Å². The van der Waals surface area contributed by atoms with E-state index in [2.05, 4.69) is 10.3 Å². The van der Waals surface area contributed by atoms with E-state index in [1.807, 2.05) is 35.9 Å². The number of benzene rings is 2. The van der Waals surface area contributed by atoms with Crippen molar-refractivity contribution in [3.05, 3.63) is 75.1 Å². The van der Waals surface area contributed by atoms with E-state index < -0.39 is 4.92 Å². The predicted molar refractivity (Wildman–Crippen MR) is 110 cm³/mol. The topological polar surface area (TPSA) is 90.1 Å². The number of nitrogens with zero attached hydrogens (tertiary/aromatic N) is 3. The number of non-ortho nitro benzene ring substituents is 1. The van der Waals surface area contributed by atoms with Crippen molar-refractivity contribution < 1.29 is 9.72 Å². The third-order valence-electron chi connectivity index (χ3n) is 4.14. The second-order valence-corrected chi connectivity index (χ2v) is 7.41. The zero-order chi connectivity index (χ0) is 20.3. The minimum atomic E-state index is -0.492. The molecule has 0 radical (unpaired) electrons. The third kappa shape index (κ3) is 4.35. The number of aryl methyl sites for hydroxylation is 1. The van der Waals surface area contributed by atoms with Gasteiger partial charge >= 0.3 is 0 Å². The zero-order valence-electron chi connectivity index (χ0n) is 15.2. The molecule has 0 aliphatic heterocycles. The molecule has 2 aromatic carbocycles. The summed E-state index contributed by atoms with van der Waals surface area (Å²) in [4.78, 5) is 27.1. The number of carbonyl (C=O) groups excluding carboxylic acids is 1. The molecular weight excluding hydrogens is 400 g/mol. The van der Waals surface area contributed by atoms with Gasteiger partial charge in [-0.05, 0) is 37.1 Å². The van der Waals surface area contributed by atoms with Crippen LogP contribution in [-0.4, -0.2) is 26.1 Å². The number of imidazole rings is 1. The number of nitro groups is 1. The highest BCUT2D eigenvalue weighted by molar-refractivity contribution is 7.99. The smallest absolute Gasteiger partial charge is 0.271 e. The van der Waals surface area contributed by atoms with Crippen LogP contribution >= 0.6 is 23.4 Å². The van der Waals surface area contributed by atoms with Gasteiger partial charge in [0.2, 0.25) is 5.91 Å². The average Bonchev–Trinajstić information content (AvgIpc) is 3.12. The number of rotatable bonds is 6. The first-order valence-corrected chi connectivity index (χ1v) is 9.69. The lowest BCUT2D eigenvalue weighted by atomic mass is 10.2. The van der Waals surface area contributed by atoms with Crippen LogP contribution in [0.2, 0.25) is 5.02 Å². The van der Waals surface area contributed by atoms with Crippen LogP contribution in [0, 0.1) is 24.0 Å². The SMILES string of the molecule is Cc1ccc([N+](=O)[O-])cc1NC(=O)CSc1nccn1-c1cccc(Cl)c1C. The van der Waals surface area contributed by atoms with Crippen LogP contribution in [0.4, 0.5) is 11.4 Å². The standard InChI is InChI=1S/C19H17ClN4O3S/c1-12-6-7-14(24(26)27)10-16(12)22-18(25)11-28-19-21-8-9-23(19)17-5-3-4-15(20)13(17)2/h3-10H,11H2,1-2H3,(H,22,25). The van der Waals surface area contributed by atoms with E-state index >= 15 is 0 Å². The predicted octanol–water partition coefficient (Wildman–Crippen LogP) is 4.78. The van der Waals surface area contributed by atoms with Gasteiger partial charge in [0.1, 0.15) is 0 Å². The maximum atomic E-state index is 12.3. The summed E-state index contributed by atoms with van der Waals surface area (Å²) in [6, 6.07) is 9.98. The lowest BCUT2D eigenvalue weighted by Crippen LogP contribution is -2.15. The van der Waals surface area contributed by atoms with Crippen LogP contribution in [0.5, 0.6) is 0 Å². The summed E-state index contributed by atoms with van der Waals surface area (Å²) in [5, 5.41) is 15.0. The molecule has 0 saturated heterocycles. The molecule has 0 aliphatic rings. The van der Waals surface area contributed by atoms with Crippen molar-refractivity contribution >= 4 is 40.6 Å². The molecule has 1 aromatic heterocycles. The van der Waals surface area contributed by atoms with Gasteiger partial charge in [0.15, 0.2) is 5.16 Å². The Morgan fingerprint density at radius 1 is 1.32 bits per heavy atom. The van der Waals surface area contributed by atoms with E-state index in [0.29, 0.717) is 15.9 Å². The Balaban J connectivity index is 1.72. The Hall–Kier alpha value is -2.84. The molecule has 9 heteroatoms. The van der Waals surface area contributed by atoms with Gasteiger partial charge in [-0.2, -0.15) is 0 Å². The van der Waals surface area contributed by atoms with E-state index in [0.717, 1.165) is 16.8 Å². The molecule has 0 saturated carbocycles. The highest BCUT2D eigenvalue weighted by Crippen LogP contribution is 2.27. The third-order valence-corrected chi connectivity index (χ3v) is 5.52. The summed E-state index contributed by atoms with van der Waals surface area (Å²) in [7, 11) is 0. The molecule has 3 rings (SSSR count). The molecule has 1 N–H and O–H groups in total. The Morgan fingerprint density at radius 2 is 2.11 bits per heavy atom. The van der Waals surface area contributed by atoms with Crippen LogP contribution < -0.4 is 5.32 Å². The van der Waals surface area contributed by atoms with Crippen molar-refractivity contribution in [1.29, 1.82) is 0 Å². The van der Waals surface area contributed by atoms with Gasteiger partial charge in [-0.25, -0.2) is 4.98 Å². The number of halogens is 1. The number of thioether (sulfide) groups is 1. The lowest BCUT2D eigenvalue weighted by molar-refractivity contribution is -0.384. The number of hydrogen-bond donors (Lipinski definition) is 1. The first-order valence-electron chi connectivity index (χ1n) is 8.33. The van der Waals surface area contributed by atoms with Crippen LogP contribution in [-0.2, 0) is 4.79 Å². The van der Waals surface area contributed by atoms with Crippen molar-refractivity contribution in [2.75, 3.05) is 11.1 Å². The quantitative estimate of drug-likeness (QED) is 0.354. The van der Waals surface area contributed by atoms with E-state index in [4.69, 9.17) is 11.6 Å². The first-order chi connectivity index (χ1) is 13.4. The Labute approximate surface area is 170 Å². The fraction of sp³-hybridized carbons (Fsp3) is 0.158. The normalized spacial score (nSPS) is 10.7. The van der Waals surface area contributed by atoms with Crippen LogP contribution in [0.3, 0.4) is 0 Å². The number of aromatic nitrogens is 2. The summed E-state index contributed by atoms with van der Waals surface area (Å²) in [5.41, 5.74) is 2.91. The van der Waals surface area contributed by atoms with Gasteiger partial charge in [-0.3, -0.25) is 19.5 Å². The number of anilines is 1. The number of nitrogens with one attached hydrogen (secondary N) is 1. The summed E-state index contributed by atoms with van der Waals surface area (Å²) in [6.07, 6.45) is 3.47. The van der Waals surface area contributed by atoms with Crippen LogP contribution in [0.1, 0.15) is 11.1 Å². The second-order valence-electron chi connectivity index (χ2n) is 6.06. The highest BCUT2D eigenvalue weighted by atomic mass is 35.5. The molecule has 28 heavy (non-hydrogen) atoms. The fourth-order valence-electron chi connectivity index (χ4n) is 2.61. The number of hydrogen-bond acceptors (Lipinski definition) is 5. The molecule has 0 unspecified atom stereocenters. The fourth-order valence-corrected chi connectivity index (χ4v) is 3.55. The van der Waals surface area contributed by atoms with Gasteiger partial charge < -0.3 is 5.32 Å². The Morgan fingerprint density at radius 3 is 2.86 bits per heavy atom. The minimum Gasteiger partial charge on any atom is -0.325 e. The second kappa shape index (κ2) is 8.45. The number of nitro benzene ring substituents is 1. The summed E-state index contributed by atoms with van der Waals surface area (Å²) >= 11 is 7.47. The van der Waals surface area contributed by atoms with Crippen LogP contribution in [0.15, 0.2) is 53.9 Å². The van der Waals surface area contributed by atoms with Crippen molar-refractivity contribution in [3.63, 3.8) is 0 Å². The molecule has 0 spiro atoms. The first kappa shape index (κ1) is 19.9. The van der Waals surface area contributed by atoms with Crippen molar-refractivity contribution in [1.82, 2.24) is 9.55 Å². The van der Waals surface area contributed by atoms with Crippen molar-refractivity contribution in [2.45, 2.75) is 19.0 Å². The minimum absolute atomic E-state index is 0.0690. The van der Waals surface area contributed by atoms with Crippen LogP contribution in [0.25, 0.3) is 5.69 Å². The molecule has 0 fully saturated rings. The molecule has 0 aliphatic carbocycles. The maximum Gasteiger partial charge on any atom is 0.271 e. The van der Waals surface area contributed by atoms with Gasteiger partial charge in [0.05, 0.1) is 22.1 Å². The maximum absolute atomic E-state index is 12.3. The molecule has 3 aromatic rings. The molecule has 144 valence electrons. The Bertz CT molecular complexity index is 1050. The average molecular weight is 417 g/mol. The van der Waals surface area contributed by atoms with Gasteiger partial charge in [-0.1, -0.05) is 35.5 Å². The van der Waals surface area contributed by atoms with E-state index in [9.17, 15) is 14.9 Å². The van der Waals surface area contributed by atoms with E-state index in [-0.39, 0.29) is 17.3 Å². The largest absolute Gasteiger partial charge is 0.325 e. The molecule has 7 nitrogen and oxygen atoms in total. The van der Waals surface area contributed by atoms with E-state index in [1.165, 1.54) is 23.9 Å². The number of amides is 1. The van der Waals surface area contributed by atoms with Gasteiger partial charge in [0.25, 0.3) is 5.69 Å². The highest BCUT2D eigenvalue weighted by Gasteiger charge is 2.14. The molecular formula is C19H17ClN4O3S.